The van der Waals surface area contributed by atoms with Crippen molar-refractivity contribution in [3.63, 3.8) is 0 Å². The second-order valence-corrected chi connectivity index (χ2v) is 8.25. The van der Waals surface area contributed by atoms with E-state index in [-0.39, 0.29) is 0 Å². The number of fused-ring (bicyclic) bond motifs is 1. The monoisotopic (exact) mass is 346 g/mol. The molecule has 0 spiro atoms. The molecule has 0 aliphatic carbocycles. The molecule has 3 rings (SSSR count). The Bertz CT molecular complexity index is 861. The molecule has 0 atom stereocenters. The van der Waals surface area contributed by atoms with Gasteiger partial charge in [-0.25, -0.2) is 12.7 Å². The minimum absolute atomic E-state index is 0.335. The van der Waals surface area contributed by atoms with Gasteiger partial charge < -0.3 is 10.1 Å². The van der Waals surface area contributed by atoms with E-state index in [2.05, 4.69) is 17.4 Å². The average Bonchev–Trinajstić information content (AvgIpc) is 3.01. The standard InChI is InChI=1S/C18H22N2O3S/c1-13-11-16(7-8-17(13)24(21,22)20(2)3)19-12-15-6-4-5-14-9-10-23-18(14)15/h4-8,11,19H,9-10,12H2,1-3H3. The Morgan fingerprint density at radius 2 is 2.00 bits per heavy atom. The van der Waals surface area contributed by atoms with Crippen LogP contribution in [-0.4, -0.2) is 33.4 Å². The van der Waals surface area contributed by atoms with Gasteiger partial charge in [0.05, 0.1) is 11.5 Å². The molecule has 1 aliphatic heterocycles. The van der Waals surface area contributed by atoms with E-state index < -0.39 is 10.0 Å². The van der Waals surface area contributed by atoms with E-state index in [1.165, 1.54) is 24.0 Å². The molecule has 1 N–H and O–H groups in total. The molecule has 0 fully saturated rings. The van der Waals surface area contributed by atoms with Gasteiger partial charge in [0.25, 0.3) is 0 Å². The molecule has 2 aromatic rings. The zero-order valence-corrected chi connectivity index (χ0v) is 15.0. The first-order valence-electron chi connectivity index (χ1n) is 7.90. The van der Waals surface area contributed by atoms with Crippen molar-refractivity contribution in [1.82, 2.24) is 4.31 Å². The number of hydrogen-bond donors (Lipinski definition) is 1. The lowest BCUT2D eigenvalue weighted by Crippen LogP contribution is -2.23. The highest BCUT2D eigenvalue weighted by molar-refractivity contribution is 7.89. The zero-order chi connectivity index (χ0) is 17.3. The first kappa shape index (κ1) is 16.8. The topological polar surface area (TPSA) is 58.6 Å². The van der Waals surface area contributed by atoms with Crippen LogP contribution in [0.25, 0.3) is 0 Å². The third kappa shape index (κ3) is 3.12. The van der Waals surface area contributed by atoms with Crippen molar-refractivity contribution in [2.24, 2.45) is 0 Å². The molecule has 0 saturated heterocycles. The Kier molecular flexibility index (Phi) is 4.51. The lowest BCUT2D eigenvalue weighted by molar-refractivity contribution is 0.354. The molecule has 128 valence electrons. The number of anilines is 1. The smallest absolute Gasteiger partial charge is 0.242 e. The van der Waals surface area contributed by atoms with Crippen molar-refractivity contribution >= 4 is 15.7 Å². The number of para-hydroxylation sites is 1. The van der Waals surface area contributed by atoms with Crippen molar-refractivity contribution in [1.29, 1.82) is 0 Å². The minimum Gasteiger partial charge on any atom is -0.493 e. The summed E-state index contributed by atoms with van der Waals surface area (Å²) in [6.45, 7) is 3.19. The summed E-state index contributed by atoms with van der Waals surface area (Å²) in [6.07, 6.45) is 0.958. The SMILES string of the molecule is Cc1cc(NCc2cccc3c2OCC3)ccc1S(=O)(=O)N(C)C. The van der Waals surface area contributed by atoms with E-state index in [0.717, 1.165) is 35.6 Å². The Morgan fingerprint density at radius 1 is 1.21 bits per heavy atom. The Hall–Kier alpha value is -2.05. The fourth-order valence-corrected chi connectivity index (χ4v) is 3.96. The van der Waals surface area contributed by atoms with Gasteiger partial charge in [-0.05, 0) is 36.2 Å². The van der Waals surface area contributed by atoms with Gasteiger partial charge >= 0.3 is 0 Å². The molecule has 1 heterocycles. The van der Waals surface area contributed by atoms with E-state index in [1.54, 1.807) is 12.1 Å². The van der Waals surface area contributed by atoms with E-state index >= 15 is 0 Å². The molecule has 0 saturated carbocycles. The van der Waals surface area contributed by atoms with Crippen LogP contribution in [0.2, 0.25) is 0 Å². The van der Waals surface area contributed by atoms with Gasteiger partial charge in [-0.2, -0.15) is 0 Å². The molecule has 0 amide bonds. The zero-order valence-electron chi connectivity index (χ0n) is 14.2. The van der Waals surface area contributed by atoms with E-state index in [9.17, 15) is 8.42 Å². The summed E-state index contributed by atoms with van der Waals surface area (Å²) in [7, 11) is -0.337. The molecule has 5 nitrogen and oxygen atoms in total. The Morgan fingerprint density at radius 3 is 2.71 bits per heavy atom. The number of hydrogen-bond acceptors (Lipinski definition) is 4. The lowest BCUT2D eigenvalue weighted by Gasteiger charge is -2.15. The molecule has 24 heavy (non-hydrogen) atoms. The third-order valence-corrected chi connectivity index (χ3v) is 6.19. The van der Waals surface area contributed by atoms with Gasteiger partial charge in [-0.1, -0.05) is 18.2 Å². The van der Waals surface area contributed by atoms with Gasteiger partial charge in [0.15, 0.2) is 0 Å². The van der Waals surface area contributed by atoms with Crippen LogP contribution in [0.3, 0.4) is 0 Å². The minimum atomic E-state index is -3.41. The third-order valence-electron chi connectivity index (χ3n) is 4.21. The van der Waals surface area contributed by atoms with Crippen molar-refractivity contribution in [2.75, 3.05) is 26.0 Å². The summed E-state index contributed by atoms with van der Waals surface area (Å²) in [4.78, 5) is 0.335. The Labute approximate surface area is 143 Å². The van der Waals surface area contributed by atoms with E-state index in [0.29, 0.717) is 11.4 Å². The second kappa shape index (κ2) is 6.45. The molecular weight excluding hydrogens is 324 g/mol. The van der Waals surface area contributed by atoms with Gasteiger partial charge in [-0.3, -0.25) is 0 Å². The van der Waals surface area contributed by atoms with E-state index in [4.69, 9.17) is 4.74 Å². The molecule has 6 heteroatoms. The number of benzene rings is 2. The van der Waals surface area contributed by atoms with Crippen molar-refractivity contribution in [3.8, 4) is 5.75 Å². The highest BCUT2D eigenvalue weighted by Gasteiger charge is 2.20. The summed E-state index contributed by atoms with van der Waals surface area (Å²) in [5.41, 5.74) is 3.98. The fourth-order valence-electron chi connectivity index (χ4n) is 2.87. The number of aryl methyl sites for hydroxylation is 1. The van der Waals surface area contributed by atoms with Crippen LogP contribution < -0.4 is 10.1 Å². The highest BCUT2D eigenvalue weighted by Crippen LogP contribution is 2.30. The predicted octanol–water partition coefficient (Wildman–Crippen LogP) is 2.79. The summed E-state index contributed by atoms with van der Waals surface area (Å²) in [5.74, 6) is 0.980. The number of ether oxygens (including phenoxy) is 1. The highest BCUT2D eigenvalue weighted by atomic mass is 32.2. The van der Waals surface area contributed by atoms with Gasteiger partial charge in [0.1, 0.15) is 5.75 Å². The molecule has 0 bridgehead atoms. The molecule has 0 aromatic heterocycles. The number of nitrogens with one attached hydrogen (secondary N) is 1. The largest absolute Gasteiger partial charge is 0.493 e. The fraction of sp³-hybridized carbons (Fsp3) is 0.333. The quantitative estimate of drug-likeness (QED) is 0.904. The van der Waals surface area contributed by atoms with Crippen LogP contribution >= 0.6 is 0 Å². The van der Waals surface area contributed by atoms with Gasteiger partial charge in [0.2, 0.25) is 10.0 Å². The van der Waals surface area contributed by atoms with Crippen molar-refractivity contribution in [2.45, 2.75) is 24.8 Å². The number of rotatable bonds is 5. The summed E-state index contributed by atoms with van der Waals surface area (Å²) in [5, 5.41) is 3.35. The van der Waals surface area contributed by atoms with Crippen molar-refractivity contribution < 1.29 is 13.2 Å². The molecule has 1 aliphatic rings. The van der Waals surface area contributed by atoms with Crippen molar-refractivity contribution in [3.05, 3.63) is 53.1 Å². The lowest BCUT2D eigenvalue weighted by atomic mass is 10.1. The van der Waals surface area contributed by atoms with Crippen LogP contribution in [0.15, 0.2) is 41.3 Å². The number of sulfonamides is 1. The average molecular weight is 346 g/mol. The second-order valence-electron chi connectivity index (χ2n) is 6.13. The summed E-state index contributed by atoms with van der Waals surface area (Å²) < 4.78 is 31.5. The van der Waals surface area contributed by atoms with E-state index in [1.807, 2.05) is 19.1 Å². The van der Waals surface area contributed by atoms with Crippen LogP contribution in [0.1, 0.15) is 16.7 Å². The maximum atomic E-state index is 12.3. The van der Waals surface area contributed by atoms with Crippen LogP contribution in [0.5, 0.6) is 5.75 Å². The summed E-state index contributed by atoms with van der Waals surface area (Å²) >= 11 is 0. The molecule has 2 aromatic carbocycles. The number of nitrogens with zero attached hydrogens (tertiary/aromatic N) is 1. The van der Waals surface area contributed by atoms with Crippen LogP contribution in [0.4, 0.5) is 5.69 Å². The first-order chi connectivity index (χ1) is 11.4. The maximum Gasteiger partial charge on any atom is 0.242 e. The first-order valence-corrected chi connectivity index (χ1v) is 9.34. The van der Waals surface area contributed by atoms with Crippen LogP contribution in [-0.2, 0) is 23.0 Å². The summed E-state index contributed by atoms with van der Waals surface area (Å²) in [6, 6.07) is 11.5. The molecular formula is C18H22N2O3S. The predicted molar refractivity (Wildman–Crippen MR) is 95.0 cm³/mol. The Balaban J connectivity index is 1.78. The molecule has 0 unspecified atom stereocenters. The van der Waals surface area contributed by atoms with Crippen LogP contribution in [0, 0.1) is 6.92 Å². The van der Waals surface area contributed by atoms with Gasteiger partial charge in [-0.15, -0.1) is 0 Å². The maximum absolute atomic E-state index is 12.3. The normalized spacial score (nSPS) is 13.7. The molecule has 0 radical (unpaired) electrons. The van der Waals surface area contributed by atoms with Gasteiger partial charge in [0, 0.05) is 38.3 Å².